The second-order valence-electron chi connectivity index (χ2n) is 5.82. The first-order chi connectivity index (χ1) is 12.1. The van der Waals surface area contributed by atoms with Gasteiger partial charge in [0.1, 0.15) is 18.1 Å². The molecule has 0 fully saturated rings. The molecule has 1 N–H and O–H groups in total. The number of benzene rings is 1. The van der Waals surface area contributed by atoms with Crippen molar-refractivity contribution in [2.75, 3.05) is 5.32 Å². The molecular formula is C19H19FN4O. The van der Waals surface area contributed by atoms with Gasteiger partial charge >= 0.3 is 0 Å². The van der Waals surface area contributed by atoms with Crippen molar-refractivity contribution in [2.45, 2.75) is 26.8 Å². The van der Waals surface area contributed by atoms with E-state index in [4.69, 9.17) is 0 Å². The van der Waals surface area contributed by atoms with Gasteiger partial charge in [0.05, 0.1) is 5.69 Å². The van der Waals surface area contributed by atoms with Crippen LogP contribution in [0.5, 0.6) is 0 Å². The SMILES string of the molecule is CCc1ccc(-c2nccn2CC(=O)Nc2ccc(C)cc2F)nc1. The van der Waals surface area contributed by atoms with Gasteiger partial charge in [-0.15, -0.1) is 0 Å². The highest BCUT2D eigenvalue weighted by Gasteiger charge is 2.12. The fourth-order valence-corrected chi connectivity index (χ4v) is 2.50. The minimum Gasteiger partial charge on any atom is -0.322 e. The number of halogens is 1. The van der Waals surface area contributed by atoms with Crippen LogP contribution in [0.4, 0.5) is 10.1 Å². The molecule has 0 saturated carbocycles. The maximum absolute atomic E-state index is 13.9. The number of pyridine rings is 1. The highest BCUT2D eigenvalue weighted by molar-refractivity contribution is 5.91. The summed E-state index contributed by atoms with van der Waals surface area (Å²) in [4.78, 5) is 20.9. The fourth-order valence-electron chi connectivity index (χ4n) is 2.50. The van der Waals surface area contributed by atoms with E-state index in [0.717, 1.165) is 17.5 Å². The summed E-state index contributed by atoms with van der Waals surface area (Å²) < 4.78 is 15.6. The maximum Gasteiger partial charge on any atom is 0.244 e. The highest BCUT2D eigenvalue weighted by Crippen LogP contribution is 2.17. The molecule has 0 bridgehead atoms. The Bertz CT molecular complexity index is 887. The van der Waals surface area contributed by atoms with E-state index in [9.17, 15) is 9.18 Å². The quantitative estimate of drug-likeness (QED) is 0.773. The number of anilines is 1. The third-order valence-corrected chi connectivity index (χ3v) is 3.89. The Morgan fingerprint density at radius 3 is 2.76 bits per heavy atom. The van der Waals surface area contributed by atoms with Gasteiger partial charge in [-0.1, -0.05) is 19.1 Å². The van der Waals surface area contributed by atoms with E-state index < -0.39 is 5.82 Å². The first-order valence-corrected chi connectivity index (χ1v) is 8.09. The van der Waals surface area contributed by atoms with E-state index >= 15 is 0 Å². The van der Waals surface area contributed by atoms with Crippen LogP contribution in [0.3, 0.4) is 0 Å². The third kappa shape index (κ3) is 3.91. The smallest absolute Gasteiger partial charge is 0.244 e. The highest BCUT2D eigenvalue weighted by atomic mass is 19.1. The summed E-state index contributed by atoms with van der Waals surface area (Å²) in [5.74, 6) is -0.176. The van der Waals surface area contributed by atoms with Crippen LogP contribution in [0.25, 0.3) is 11.5 Å². The Hall–Kier alpha value is -3.02. The number of hydrogen-bond acceptors (Lipinski definition) is 3. The molecule has 0 saturated heterocycles. The molecule has 2 heterocycles. The summed E-state index contributed by atoms with van der Waals surface area (Å²) in [6.07, 6.45) is 6.03. The van der Waals surface area contributed by atoms with Gasteiger partial charge in [0.15, 0.2) is 5.82 Å². The molecule has 1 amide bonds. The zero-order valence-electron chi connectivity index (χ0n) is 14.2. The number of hydrogen-bond donors (Lipinski definition) is 1. The van der Waals surface area contributed by atoms with Gasteiger partial charge in [0.2, 0.25) is 5.91 Å². The van der Waals surface area contributed by atoms with Crippen LogP contribution in [0.15, 0.2) is 48.9 Å². The van der Waals surface area contributed by atoms with Crippen LogP contribution in [-0.2, 0) is 17.8 Å². The standard InChI is InChI=1S/C19H19FN4O/c1-3-14-5-7-17(22-11-14)19-21-8-9-24(19)12-18(25)23-16-6-4-13(2)10-15(16)20/h4-11H,3,12H2,1-2H3,(H,23,25). The van der Waals surface area contributed by atoms with Crippen LogP contribution in [0.2, 0.25) is 0 Å². The molecule has 6 heteroatoms. The van der Waals surface area contributed by atoms with Gasteiger partial charge in [0.25, 0.3) is 0 Å². The number of carbonyl (C=O) groups is 1. The number of rotatable bonds is 5. The van der Waals surface area contributed by atoms with Crippen LogP contribution in [-0.4, -0.2) is 20.4 Å². The normalized spacial score (nSPS) is 10.7. The second kappa shape index (κ2) is 7.25. The van der Waals surface area contributed by atoms with E-state index in [1.54, 1.807) is 42.2 Å². The second-order valence-corrected chi connectivity index (χ2v) is 5.82. The Morgan fingerprint density at radius 1 is 1.24 bits per heavy atom. The summed E-state index contributed by atoms with van der Waals surface area (Å²) in [6, 6.07) is 8.57. The lowest BCUT2D eigenvalue weighted by Gasteiger charge is -2.10. The minimum atomic E-state index is -0.448. The maximum atomic E-state index is 13.9. The zero-order valence-corrected chi connectivity index (χ0v) is 14.2. The van der Waals surface area contributed by atoms with Crippen LogP contribution >= 0.6 is 0 Å². The lowest BCUT2D eigenvalue weighted by molar-refractivity contribution is -0.116. The molecule has 0 aliphatic heterocycles. The summed E-state index contributed by atoms with van der Waals surface area (Å²) >= 11 is 0. The van der Waals surface area contributed by atoms with E-state index in [0.29, 0.717) is 11.5 Å². The third-order valence-electron chi connectivity index (χ3n) is 3.89. The number of carbonyl (C=O) groups excluding carboxylic acids is 1. The molecule has 1 aromatic carbocycles. The number of aryl methyl sites for hydroxylation is 2. The molecule has 0 aliphatic carbocycles. The van der Waals surface area contributed by atoms with Gasteiger partial charge in [-0.25, -0.2) is 9.37 Å². The summed E-state index contributed by atoms with van der Waals surface area (Å²) in [7, 11) is 0. The Morgan fingerprint density at radius 2 is 2.08 bits per heavy atom. The fraction of sp³-hybridized carbons (Fsp3) is 0.211. The molecule has 128 valence electrons. The molecule has 0 radical (unpaired) electrons. The zero-order chi connectivity index (χ0) is 17.8. The van der Waals surface area contributed by atoms with Crippen molar-refractivity contribution < 1.29 is 9.18 Å². The van der Waals surface area contributed by atoms with Crippen LogP contribution < -0.4 is 5.32 Å². The van der Waals surface area contributed by atoms with Crippen molar-refractivity contribution in [2.24, 2.45) is 0 Å². The molecule has 25 heavy (non-hydrogen) atoms. The molecule has 0 spiro atoms. The monoisotopic (exact) mass is 338 g/mol. The predicted molar refractivity (Wildman–Crippen MR) is 94.6 cm³/mol. The van der Waals surface area contributed by atoms with Gasteiger partial charge < -0.3 is 9.88 Å². The topological polar surface area (TPSA) is 59.8 Å². The van der Waals surface area contributed by atoms with Crippen molar-refractivity contribution in [1.29, 1.82) is 0 Å². The van der Waals surface area contributed by atoms with Crippen molar-refractivity contribution in [3.05, 3.63) is 65.9 Å². The Kier molecular flexibility index (Phi) is 4.88. The van der Waals surface area contributed by atoms with E-state index in [2.05, 4.69) is 22.2 Å². The Balaban J connectivity index is 1.75. The molecule has 5 nitrogen and oxygen atoms in total. The number of aromatic nitrogens is 3. The van der Waals surface area contributed by atoms with Crippen LogP contribution in [0, 0.1) is 12.7 Å². The summed E-state index contributed by atoms with van der Waals surface area (Å²) in [5.41, 5.74) is 2.79. The van der Waals surface area contributed by atoms with E-state index in [1.807, 2.05) is 12.1 Å². The number of nitrogens with one attached hydrogen (secondary N) is 1. The van der Waals surface area contributed by atoms with E-state index in [-0.39, 0.29) is 18.1 Å². The van der Waals surface area contributed by atoms with Gasteiger partial charge in [-0.2, -0.15) is 0 Å². The molecule has 3 rings (SSSR count). The number of amides is 1. The number of imidazole rings is 1. The summed E-state index contributed by atoms with van der Waals surface area (Å²) in [5, 5.41) is 2.59. The van der Waals surface area contributed by atoms with Crippen molar-refractivity contribution >= 4 is 11.6 Å². The molecule has 0 unspecified atom stereocenters. The van der Waals surface area contributed by atoms with Crippen molar-refractivity contribution in [3.8, 4) is 11.5 Å². The molecule has 2 aromatic heterocycles. The average Bonchev–Trinajstić information content (AvgIpc) is 3.05. The Labute approximate surface area is 145 Å². The van der Waals surface area contributed by atoms with Crippen molar-refractivity contribution in [1.82, 2.24) is 14.5 Å². The molecule has 0 aliphatic rings. The first-order valence-electron chi connectivity index (χ1n) is 8.09. The minimum absolute atomic E-state index is 0.0276. The molecule has 3 aromatic rings. The number of nitrogens with zero attached hydrogens (tertiary/aromatic N) is 3. The molecular weight excluding hydrogens is 319 g/mol. The predicted octanol–water partition coefficient (Wildman–Crippen LogP) is 3.59. The van der Waals surface area contributed by atoms with Gasteiger partial charge in [-0.3, -0.25) is 9.78 Å². The molecule has 0 atom stereocenters. The van der Waals surface area contributed by atoms with Crippen molar-refractivity contribution in [3.63, 3.8) is 0 Å². The average molecular weight is 338 g/mol. The lowest BCUT2D eigenvalue weighted by Crippen LogP contribution is -2.19. The van der Waals surface area contributed by atoms with Crippen LogP contribution in [0.1, 0.15) is 18.1 Å². The summed E-state index contributed by atoms with van der Waals surface area (Å²) in [6.45, 7) is 3.88. The van der Waals surface area contributed by atoms with Gasteiger partial charge in [0, 0.05) is 18.6 Å². The first kappa shape index (κ1) is 16.8. The largest absolute Gasteiger partial charge is 0.322 e. The lowest BCUT2D eigenvalue weighted by atomic mass is 10.2. The van der Waals surface area contributed by atoms with Gasteiger partial charge in [-0.05, 0) is 42.7 Å². The van der Waals surface area contributed by atoms with E-state index in [1.165, 1.54) is 6.07 Å².